The summed E-state index contributed by atoms with van der Waals surface area (Å²) >= 11 is 0. The van der Waals surface area contributed by atoms with E-state index >= 15 is 0 Å². The molecule has 0 fully saturated rings. The van der Waals surface area contributed by atoms with E-state index in [1.807, 2.05) is 25.1 Å². The Balaban J connectivity index is 2.11. The first-order valence-corrected chi connectivity index (χ1v) is 6.71. The third-order valence-corrected chi connectivity index (χ3v) is 3.28. The van der Waals surface area contributed by atoms with E-state index in [1.54, 1.807) is 0 Å². The van der Waals surface area contributed by atoms with E-state index in [4.69, 9.17) is 4.74 Å². The van der Waals surface area contributed by atoms with Crippen LogP contribution in [-0.2, 0) is 0 Å². The summed E-state index contributed by atoms with van der Waals surface area (Å²) in [5.74, 6) is 0.239. The molecule has 0 N–H and O–H groups in total. The molecule has 7 heteroatoms. The number of carbonyl (C=O) groups excluding carboxylic acids is 1. The van der Waals surface area contributed by atoms with Crippen molar-refractivity contribution in [1.82, 2.24) is 9.97 Å². The molecular weight excluding hydrogens is 298 g/mol. The van der Waals surface area contributed by atoms with Gasteiger partial charge in [0.15, 0.2) is 0 Å². The topological polar surface area (TPSA) is 95.2 Å². The van der Waals surface area contributed by atoms with Gasteiger partial charge in [-0.15, -0.1) is 0 Å². The van der Waals surface area contributed by atoms with Gasteiger partial charge in [-0.25, -0.2) is 9.97 Å². The molecule has 0 saturated heterocycles. The zero-order valence-electron chi connectivity index (χ0n) is 12.1. The third kappa shape index (κ3) is 2.84. The second-order valence-corrected chi connectivity index (χ2v) is 4.90. The summed E-state index contributed by atoms with van der Waals surface area (Å²) in [5, 5.41) is 11.8. The fourth-order valence-electron chi connectivity index (χ4n) is 2.17. The summed E-state index contributed by atoms with van der Waals surface area (Å²) in [6, 6.07) is 9.56. The first kappa shape index (κ1) is 14.6. The molecular formula is C16H11N3O4. The Labute approximate surface area is 130 Å². The van der Waals surface area contributed by atoms with Gasteiger partial charge in [-0.1, -0.05) is 11.6 Å². The van der Waals surface area contributed by atoms with Crippen LogP contribution in [-0.4, -0.2) is 21.2 Å². The lowest BCUT2D eigenvalue weighted by molar-refractivity contribution is -0.385. The molecule has 2 aromatic carbocycles. The van der Waals surface area contributed by atoms with Gasteiger partial charge >= 0.3 is 5.69 Å². The third-order valence-electron chi connectivity index (χ3n) is 3.28. The zero-order valence-corrected chi connectivity index (χ0v) is 12.1. The normalized spacial score (nSPS) is 10.5. The van der Waals surface area contributed by atoms with Gasteiger partial charge in [0.1, 0.15) is 12.6 Å². The van der Waals surface area contributed by atoms with Gasteiger partial charge in [0.25, 0.3) is 0 Å². The van der Waals surface area contributed by atoms with Crippen molar-refractivity contribution in [3.63, 3.8) is 0 Å². The highest BCUT2D eigenvalue weighted by molar-refractivity contribution is 5.84. The number of aldehydes is 1. The summed E-state index contributed by atoms with van der Waals surface area (Å²) in [7, 11) is 0. The van der Waals surface area contributed by atoms with Gasteiger partial charge in [0.2, 0.25) is 11.6 Å². The Hall–Kier alpha value is -3.35. The molecule has 3 rings (SSSR count). The highest BCUT2D eigenvalue weighted by Crippen LogP contribution is 2.33. The van der Waals surface area contributed by atoms with Crippen LogP contribution in [0.5, 0.6) is 11.6 Å². The number of ether oxygens (including phenoxy) is 1. The van der Waals surface area contributed by atoms with Gasteiger partial charge in [0, 0.05) is 11.6 Å². The second-order valence-electron chi connectivity index (χ2n) is 4.90. The summed E-state index contributed by atoms with van der Waals surface area (Å²) in [5.41, 5.74) is 1.57. The molecule has 0 aliphatic rings. The maximum absolute atomic E-state index is 11.2. The molecule has 1 heterocycles. The van der Waals surface area contributed by atoms with Crippen LogP contribution in [0.4, 0.5) is 5.69 Å². The number of hydrogen-bond donors (Lipinski definition) is 0. The van der Waals surface area contributed by atoms with Crippen LogP contribution in [0.1, 0.15) is 15.9 Å². The number of aryl methyl sites for hydroxylation is 1. The number of carbonyl (C=O) groups is 1. The van der Waals surface area contributed by atoms with Crippen molar-refractivity contribution in [3.8, 4) is 11.6 Å². The van der Waals surface area contributed by atoms with Gasteiger partial charge in [0.05, 0.1) is 15.8 Å². The number of rotatable bonds is 4. The van der Waals surface area contributed by atoms with Crippen LogP contribution in [0.3, 0.4) is 0 Å². The van der Waals surface area contributed by atoms with E-state index in [2.05, 4.69) is 9.97 Å². The number of benzene rings is 2. The molecule has 0 unspecified atom stereocenters. The average molecular weight is 309 g/mol. The van der Waals surface area contributed by atoms with Crippen molar-refractivity contribution in [2.45, 2.75) is 6.92 Å². The van der Waals surface area contributed by atoms with Crippen molar-refractivity contribution >= 4 is 22.9 Å². The van der Waals surface area contributed by atoms with Crippen molar-refractivity contribution in [2.24, 2.45) is 0 Å². The Morgan fingerprint density at radius 3 is 2.74 bits per heavy atom. The fourth-order valence-corrected chi connectivity index (χ4v) is 2.17. The lowest BCUT2D eigenvalue weighted by Crippen LogP contribution is -1.97. The molecule has 23 heavy (non-hydrogen) atoms. The molecule has 0 aliphatic heterocycles. The number of nitrogens with zero attached hydrogens (tertiary/aromatic N) is 3. The SMILES string of the molecule is Cc1ccc2ncnc(Oc3ccc(C=O)cc3[N+](=O)[O-])c2c1. The van der Waals surface area contributed by atoms with Crippen LogP contribution in [0.2, 0.25) is 0 Å². The van der Waals surface area contributed by atoms with Gasteiger partial charge < -0.3 is 4.74 Å². The molecule has 0 amide bonds. The van der Waals surface area contributed by atoms with Crippen molar-refractivity contribution in [2.75, 3.05) is 0 Å². The number of hydrogen-bond acceptors (Lipinski definition) is 6. The summed E-state index contributed by atoms with van der Waals surface area (Å²) in [6.07, 6.45) is 1.87. The standard InChI is InChI=1S/C16H11N3O4/c1-10-2-4-13-12(6-10)16(18-9-17-13)23-15-5-3-11(8-20)7-14(15)19(21)22/h2-9H,1H3. The molecule has 114 valence electrons. The summed E-state index contributed by atoms with van der Waals surface area (Å²) < 4.78 is 5.63. The molecule has 0 radical (unpaired) electrons. The largest absolute Gasteiger partial charge is 0.431 e. The molecule has 0 saturated carbocycles. The van der Waals surface area contributed by atoms with E-state index < -0.39 is 4.92 Å². The second kappa shape index (κ2) is 5.80. The van der Waals surface area contributed by atoms with E-state index in [9.17, 15) is 14.9 Å². The van der Waals surface area contributed by atoms with Crippen LogP contribution in [0, 0.1) is 17.0 Å². The molecule has 1 aromatic heterocycles. The highest BCUT2D eigenvalue weighted by Gasteiger charge is 2.18. The van der Waals surface area contributed by atoms with Gasteiger partial charge in [-0.05, 0) is 31.2 Å². The highest BCUT2D eigenvalue weighted by atomic mass is 16.6. The summed E-state index contributed by atoms with van der Waals surface area (Å²) in [4.78, 5) is 29.6. The van der Waals surface area contributed by atoms with Crippen molar-refractivity contribution in [3.05, 3.63) is 64.0 Å². The number of aromatic nitrogens is 2. The van der Waals surface area contributed by atoms with Crippen LogP contribution in [0.15, 0.2) is 42.7 Å². The Morgan fingerprint density at radius 2 is 2.00 bits per heavy atom. The predicted molar refractivity (Wildman–Crippen MR) is 82.8 cm³/mol. The number of nitro groups is 1. The van der Waals surface area contributed by atoms with E-state index in [1.165, 1.54) is 18.5 Å². The molecule has 0 atom stereocenters. The number of nitro benzene ring substituents is 1. The van der Waals surface area contributed by atoms with E-state index in [0.717, 1.165) is 11.6 Å². The lowest BCUT2D eigenvalue weighted by Gasteiger charge is -2.08. The van der Waals surface area contributed by atoms with Crippen molar-refractivity contribution in [1.29, 1.82) is 0 Å². The van der Waals surface area contributed by atoms with Crippen LogP contribution in [0.25, 0.3) is 10.9 Å². The lowest BCUT2D eigenvalue weighted by atomic mass is 10.1. The Morgan fingerprint density at radius 1 is 1.17 bits per heavy atom. The van der Waals surface area contributed by atoms with E-state index in [-0.39, 0.29) is 22.9 Å². The zero-order chi connectivity index (χ0) is 16.4. The van der Waals surface area contributed by atoms with Gasteiger partial charge in [-0.2, -0.15) is 0 Å². The predicted octanol–water partition coefficient (Wildman–Crippen LogP) is 3.45. The average Bonchev–Trinajstić information content (AvgIpc) is 2.55. The minimum absolute atomic E-state index is 0.0158. The first-order chi connectivity index (χ1) is 11.1. The minimum atomic E-state index is -0.600. The van der Waals surface area contributed by atoms with Crippen LogP contribution >= 0.6 is 0 Å². The monoisotopic (exact) mass is 309 g/mol. The van der Waals surface area contributed by atoms with Gasteiger partial charge in [-0.3, -0.25) is 14.9 Å². The summed E-state index contributed by atoms with van der Waals surface area (Å²) in [6.45, 7) is 1.91. The van der Waals surface area contributed by atoms with Crippen molar-refractivity contribution < 1.29 is 14.5 Å². The number of fused-ring (bicyclic) bond motifs is 1. The minimum Gasteiger partial charge on any atom is -0.431 e. The first-order valence-electron chi connectivity index (χ1n) is 6.71. The molecule has 3 aromatic rings. The van der Waals surface area contributed by atoms with E-state index in [0.29, 0.717) is 17.2 Å². The molecule has 0 aliphatic carbocycles. The molecule has 0 spiro atoms. The Bertz CT molecular complexity index is 924. The maximum atomic E-state index is 11.2. The smallest absolute Gasteiger partial charge is 0.312 e. The maximum Gasteiger partial charge on any atom is 0.312 e. The quantitative estimate of drug-likeness (QED) is 0.416. The van der Waals surface area contributed by atoms with Crippen LogP contribution < -0.4 is 4.74 Å². The molecule has 7 nitrogen and oxygen atoms in total. The molecule has 0 bridgehead atoms. The Kier molecular flexibility index (Phi) is 3.68. The fraction of sp³-hybridized carbons (Fsp3) is 0.0625.